The predicted molar refractivity (Wildman–Crippen MR) is 101 cm³/mol. The number of anilines is 2. The maximum atomic E-state index is 4.72. The van der Waals surface area contributed by atoms with E-state index in [1.165, 1.54) is 0 Å². The van der Waals surface area contributed by atoms with Gasteiger partial charge in [-0.2, -0.15) is 0 Å². The van der Waals surface area contributed by atoms with Gasteiger partial charge in [0.15, 0.2) is 11.6 Å². The maximum Gasteiger partial charge on any atom is 0.197 e. The van der Waals surface area contributed by atoms with E-state index in [0.29, 0.717) is 11.6 Å². The molecule has 1 aliphatic heterocycles. The molecule has 3 aromatic heterocycles. The van der Waals surface area contributed by atoms with Gasteiger partial charge in [-0.25, -0.2) is 24.9 Å². The fourth-order valence-electron chi connectivity index (χ4n) is 3.24. The van der Waals surface area contributed by atoms with Crippen LogP contribution in [0.2, 0.25) is 0 Å². The number of nitrogens with zero attached hydrogens (tertiary/aromatic N) is 7. The van der Waals surface area contributed by atoms with Crippen molar-refractivity contribution in [2.24, 2.45) is 0 Å². The highest BCUT2D eigenvalue weighted by Crippen LogP contribution is 2.33. The summed E-state index contributed by atoms with van der Waals surface area (Å²) < 4.78 is 0. The largest absolute Gasteiger partial charge is 0.378 e. The molecule has 0 spiro atoms. The van der Waals surface area contributed by atoms with E-state index in [1.807, 2.05) is 32.6 Å². The molecule has 0 amide bonds. The second kappa shape index (κ2) is 6.67. The van der Waals surface area contributed by atoms with Gasteiger partial charge in [0.05, 0.1) is 11.7 Å². The van der Waals surface area contributed by atoms with Crippen molar-refractivity contribution >= 4 is 11.5 Å². The number of aromatic nitrogens is 5. The molecule has 26 heavy (non-hydrogen) atoms. The van der Waals surface area contributed by atoms with Gasteiger partial charge >= 0.3 is 0 Å². The average Bonchev–Trinajstić information content (AvgIpc) is 2.69. The number of hydrogen-bond donors (Lipinski definition) is 0. The lowest BCUT2D eigenvalue weighted by Crippen LogP contribution is -2.35. The van der Waals surface area contributed by atoms with Crippen molar-refractivity contribution in [1.82, 2.24) is 24.9 Å². The summed E-state index contributed by atoms with van der Waals surface area (Å²) in [6.45, 7) is 3.04. The van der Waals surface area contributed by atoms with Gasteiger partial charge in [-0.15, -0.1) is 0 Å². The second-order valence-electron chi connectivity index (χ2n) is 6.55. The van der Waals surface area contributed by atoms with Crippen LogP contribution in [0.3, 0.4) is 0 Å². The monoisotopic (exact) mass is 347 g/mol. The molecule has 1 unspecified atom stereocenters. The zero-order valence-electron chi connectivity index (χ0n) is 15.2. The van der Waals surface area contributed by atoms with Crippen LogP contribution in [0.1, 0.15) is 24.2 Å². The Bertz CT molecular complexity index is 911. The molecule has 0 saturated carbocycles. The van der Waals surface area contributed by atoms with E-state index in [0.717, 1.165) is 35.7 Å². The van der Waals surface area contributed by atoms with Gasteiger partial charge in [-0.3, -0.25) is 0 Å². The highest BCUT2D eigenvalue weighted by atomic mass is 15.2. The minimum Gasteiger partial charge on any atom is -0.378 e. The number of pyridine rings is 1. The molecule has 0 N–H and O–H groups in total. The first kappa shape index (κ1) is 16.4. The van der Waals surface area contributed by atoms with Crippen LogP contribution < -0.4 is 9.80 Å². The van der Waals surface area contributed by atoms with E-state index in [2.05, 4.69) is 42.7 Å². The normalized spacial score (nSPS) is 16.3. The summed E-state index contributed by atoms with van der Waals surface area (Å²) in [5.41, 5.74) is 3.34. The van der Waals surface area contributed by atoms with Crippen molar-refractivity contribution in [3.05, 3.63) is 54.2 Å². The molecule has 0 radical (unpaired) electrons. The zero-order valence-corrected chi connectivity index (χ0v) is 15.2. The fraction of sp³-hybridized carbons (Fsp3) is 0.316. The summed E-state index contributed by atoms with van der Waals surface area (Å²) in [4.78, 5) is 26.7. The van der Waals surface area contributed by atoms with Gasteiger partial charge in [0, 0.05) is 69.2 Å². The van der Waals surface area contributed by atoms with Crippen LogP contribution in [-0.4, -0.2) is 45.6 Å². The Hall–Kier alpha value is -3.09. The molecule has 132 valence electrons. The summed E-state index contributed by atoms with van der Waals surface area (Å²) in [7, 11) is 4.07. The van der Waals surface area contributed by atoms with Gasteiger partial charge < -0.3 is 9.80 Å². The third-order valence-electron chi connectivity index (χ3n) is 4.71. The smallest absolute Gasteiger partial charge is 0.197 e. The molecule has 7 nitrogen and oxygen atoms in total. The van der Waals surface area contributed by atoms with Crippen LogP contribution in [0.25, 0.3) is 11.6 Å². The Balaban J connectivity index is 1.65. The first-order valence-electron chi connectivity index (χ1n) is 8.66. The lowest BCUT2D eigenvalue weighted by molar-refractivity contribution is 0.602. The lowest BCUT2D eigenvalue weighted by atomic mass is 9.99. The quantitative estimate of drug-likeness (QED) is 0.721. The highest BCUT2D eigenvalue weighted by molar-refractivity contribution is 5.56. The third-order valence-corrected chi connectivity index (χ3v) is 4.71. The van der Waals surface area contributed by atoms with Gasteiger partial charge in [-0.05, 0) is 19.1 Å². The van der Waals surface area contributed by atoms with Crippen molar-refractivity contribution in [3.8, 4) is 11.6 Å². The van der Waals surface area contributed by atoms with Crippen LogP contribution in [0.5, 0.6) is 0 Å². The van der Waals surface area contributed by atoms with Crippen molar-refractivity contribution in [3.63, 3.8) is 0 Å². The average molecular weight is 347 g/mol. The number of hydrogen-bond acceptors (Lipinski definition) is 7. The summed E-state index contributed by atoms with van der Waals surface area (Å²) in [5.74, 6) is 2.12. The first-order chi connectivity index (χ1) is 12.6. The lowest BCUT2D eigenvalue weighted by Gasteiger charge is -2.35. The van der Waals surface area contributed by atoms with Crippen molar-refractivity contribution < 1.29 is 0 Å². The Labute approximate surface area is 152 Å². The number of rotatable bonds is 3. The second-order valence-corrected chi connectivity index (χ2v) is 6.55. The molecule has 0 fully saturated rings. The van der Waals surface area contributed by atoms with E-state index in [-0.39, 0.29) is 6.04 Å². The molecule has 0 aromatic carbocycles. The third kappa shape index (κ3) is 2.96. The zero-order chi connectivity index (χ0) is 18.1. The minimum atomic E-state index is 0.161. The van der Waals surface area contributed by atoms with E-state index in [1.54, 1.807) is 18.5 Å². The minimum absolute atomic E-state index is 0.161. The van der Waals surface area contributed by atoms with Gasteiger partial charge in [0.25, 0.3) is 0 Å². The molecule has 4 heterocycles. The first-order valence-corrected chi connectivity index (χ1v) is 8.66. The van der Waals surface area contributed by atoms with Gasteiger partial charge in [0.2, 0.25) is 0 Å². The molecule has 0 bridgehead atoms. The number of fused-ring (bicyclic) bond motifs is 1. The topological polar surface area (TPSA) is 70.9 Å². The Morgan fingerprint density at radius 3 is 2.62 bits per heavy atom. The van der Waals surface area contributed by atoms with Crippen LogP contribution in [0, 0.1) is 0 Å². The molecule has 7 heteroatoms. The van der Waals surface area contributed by atoms with Crippen molar-refractivity contribution in [1.29, 1.82) is 0 Å². The summed E-state index contributed by atoms with van der Waals surface area (Å²) >= 11 is 0. The van der Waals surface area contributed by atoms with Crippen molar-refractivity contribution in [2.45, 2.75) is 19.4 Å². The Kier molecular flexibility index (Phi) is 4.20. The molecule has 0 aliphatic carbocycles. The molecule has 1 atom stereocenters. The molecule has 0 saturated heterocycles. The van der Waals surface area contributed by atoms with Crippen LogP contribution in [0.15, 0.2) is 43.0 Å². The molecule has 1 aliphatic rings. The molecule has 4 rings (SSSR count). The van der Waals surface area contributed by atoms with Crippen LogP contribution in [-0.2, 0) is 6.42 Å². The standard InChI is InChI=1S/C19H21N7/c1-13-15-12-23-19(18-21-7-4-8-22-18)24-16(15)6-10-26(13)17-11-14(25(2)3)5-9-20-17/h4-5,7-9,11-13H,6,10H2,1-3H3. The molecular weight excluding hydrogens is 326 g/mol. The highest BCUT2D eigenvalue weighted by Gasteiger charge is 2.27. The summed E-state index contributed by atoms with van der Waals surface area (Å²) in [6, 6.07) is 6.08. The van der Waals surface area contributed by atoms with E-state index >= 15 is 0 Å². The summed E-state index contributed by atoms with van der Waals surface area (Å²) in [5, 5.41) is 0. The predicted octanol–water partition coefficient (Wildman–Crippen LogP) is 2.52. The maximum absolute atomic E-state index is 4.72. The SMILES string of the molecule is CC1c2cnc(-c3ncccn3)nc2CCN1c1cc(N(C)C)ccn1. The van der Waals surface area contributed by atoms with E-state index < -0.39 is 0 Å². The van der Waals surface area contributed by atoms with Crippen molar-refractivity contribution in [2.75, 3.05) is 30.4 Å². The molecular formula is C19H21N7. The van der Waals surface area contributed by atoms with E-state index in [4.69, 9.17) is 4.98 Å². The summed E-state index contributed by atoms with van der Waals surface area (Å²) in [6.07, 6.45) is 8.02. The van der Waals surface area contributed by atoms with Crippen LogP contribution in [0.4, 0.5) is 11.5 Å². The molecule has 3 aromatic rings. The Morgan fingerprint density at radius 2 is 1.85 bits per heavy atom. The van der Waals surface area contributed by atoms with Crippen LogP contribution >= 0.6 is 0 Å². The Morgan fingerprint density at radius 1 is 1.04 bits per heavy atom. The van der Waals surface area contributed by atoms with Gasteiger partial charge in [-0.1, -0.05) is 0 Å². The van der Waals surface area contributed by atoms with Gasteiger partial charge in [0.1, 0.15) is 5.82 Å². The van der Waals surface area contributed by atoms with E-state index in [9.17, 15) is 0 Å². The fourth-order valence-corrected chi connectivity index (χ4v) is 3.24.